The number of fused-ring (bicyclic) bond motifs is 1. The van der Waals surface area contributed by atoms with E-state index in [4.69, 9.17) is 0 Å². The number of rotatable bonds is 5. The lowest BCUT2D eigenvalue weighted by Gasteiger charge is -2.06. The van der Waals surface area contributed by atoms with Gasteiger partial charge in [0.2, 0.25) is 0 Å². The van der Waals surface area contributed by atoms with E-state index < -0.39 is 18.6 Å². The Hall–Kier alpha value is -4.01. The summed E-state index contributed by atoms with van der Waals surface area (Å²) in [7, 11) is 0. The number of aliphatic imine (C=N–C) groups is 1. The lowest BCUT2D eigenvalue weighted by Crippen LogP contribution is -2.04. The number of alkyl halides is 2. The quantitative estimate of drug-likeness (QED) is 0.181. The molecule has 0 aliphatic carbocycles. The van der Waals surface area contributed by atoms with E-state index in [0.717, 1.165) is 0 Å². The van der Waals surface area contributed by atoms with Crippen molar-refractivity contribution in [3.63, 3.8) is 0 Å². The molecule has 0 unspecified atom stereocenters. The summed E-state index contributed by atoms with van der Waals surface area (Å²) in [6.07, 6.45) is -0.302. The molecule has 31 heavy (non-hydrogen) atoms. The SMILES string of the molecule is O=C(c1ccccc1)c1ccc2nc(/N=C(/F)OC(F)F)c(-c3ccc(F)cc3)n2c1. The minimum Gasteiger partial charge on any atom is -0.393 e. The molecule has 0 saturated heterocycles. The van der Waals surface area contributed by atoms with Crippen LogP contribution in [0, 0.1) is 5.82 Å². The van der Waals surface area contributed by atoms with Crippen LogP contribution in [-0.4, -0.2) is 27.9 Å². The van der Waals surface area contributed by atoms with E-state index >= 15 is 0 Å². The first-order valence-electron chi connectivity index (χ1n) is 8.99. The van der Waals surface area contributed by atoms with Gasteiger partial charge in [-0.1, -0.05) is 30.3 Å². The molecule has 2 aromatic carbocycles. The van der Waals surface area contributed by atoms with E-state index in [9.17, 15) is 22.4 Å². The fourth-order valence-electron chi connectivity index (χ4n) is 3.06. The largest absolute Gasteiger partial charge is 0.393 e. The van der Waals surface area contributed by atoms with Gasteiger partial charge in [-0.3, -0.25) is 9.20 Å². The van der Waals surface area contributed by atoms with Crippen LogP contribution >= 0.6 is 0 Å². The van der Waals surface area contributed by atoms with Gasteiger partial charge in [-0.05, 0) is 36.4 Å². The number of ketones is 1. The predicted octanol–water partition coefficient (Wildman–Crippen LogP) is 5.57. The number of hydrogen-bond acceptors (Lipinski definition) is 4. The number of nitrogens with zero attached hydrogens (tertiary/aromatic N) is 3. The number of aromatic nitrogens is 2. The number of hydrogen-bond donors (Lipinski definition) is 0. The van der Waals surface area contributed by atoms with Gasteiger partial charge in [0, 0.05) is 22.9 Å². The van der Waals surface area contributed by atoms with Crippen molar-refractivity contribution >= 4 is 23.4 Å². The summed E-state index contributed by atoms with van der Waals surface area (Å²) in [6, 6.07) is 16.7. The zero-order valence-corrected chi connectivity index (χ0v) is 15.7. The summed E-state index contributed by atoms with van der Waals surface area (Å²) in [6.45, 7) is -3.40. The first-order valence-corrected chi connectivity index (χ1v) is 8.99. The first-order chi connectivity index (χ1) is 14.9. The first kappa shape index (κ1) is 20.3. The van der Waals surface area contributed by atoms with E-state index in [1.54, 1.807) is 30.3 Å². The maximum Gasteiger partial charge on any atom is 0.390 e. The van der Waals surface area contributed by atoms with Crippen LogP contribution in [0.4, 0.5) is 23.4 Å². The second kappa shape index (κ2) is 8.39. The standard InChI is InChI=1S/C22H13F4N3O2/c23-16-9-6-13(7-10-16)18-20(28-22(26)31-21(24)25)27-17-11-8-15(12-29(17)18)19(30)14-4-2-1-3-5-14/h1-12,21H/b28-22-. The van der Waals surface area contributed by atoms with Crippen molar-refractivity contribution < 1.29 is 27.1 Å². The molecule has 2 heterocycles. The molecule has 0 saturated carbocycles. The lowest BCUT2D eigenvalue weighted by atomic mass is 10.1. The summed E-state index contributed by atoms with van der Waals surface area (Å²) < 4.78 is 56.9. The summed E-state index contributed by atoms with van der Waals surface area (Å²) in [5.74, 6) is -1.04. The van der Waals surface area contributed by atoms with Crippen LogP contribution in [0.5, 0.6) is 0 Å². The average Bonchev–Trinajstić information content (AvgIpc) is 3.10. The highest BCUT2D eigenvalue weighted by Gasteiger charge is 2.19. The van der Waals surface area contributed by atoms with Crippen molar-refractivity contribution in [2.75, 3.05) is 0 Å². The van der Waals surface area contributed by atoms with Crippen LogP contribution in [-0.2, 0) is 4.74 Å². The van der Waals surface area contributed by atoms with Crippen LogP contribution in [0.3, 0.4) is 0 Å². The van der Waals surface area contributed by atoms with E-state index in [0.29, 0.717) is 16.7 Å². The van der Waals surface area contributed by atoms with Crippen molar-refractivity contribution in [3.05, 3.63) is 89.9 Å². The average molecular weight is 427 g/mol. The molecule has 156 valence electrons. The topological polar surface area (TPSA) is 56.0 Å². The molecule has 2 aromatic heterocycles. The zero-order valence-electron chi connectivity index (χ0n) is 15.7. The predicted molar refractivity (Wildman–Crippen MR) is 106 cm³/mol. The van der Waals surface area contributed by atoms with E-state index in [1.807, 2.05) is 0 Å². The third-order valence-corrected chi connectivity index (χ3v) is 4.40. The molecule has 0 N–H and O–H groups in total. The number of pyridine rings is 1. The normalized spacial score (nSPS) is 11.8. The Morgan fingerprint density at radius 3 is 2.35 bits per heavy atom. The Balaban J connectivity index is 1.88. The minimum atomic E-state index is -3.40. The Morgan fingerprint density at radius 2 is 1.68 bits per heavy atom. The highest BCUT2D eigenvalue weighted by molar-refractivity contribution is 6.09. The van der Waals surface area contributed by atoms with Gasteiger partial charge in [0.05, 0.1) is 5.69 Å². The Bertz CT molecular complexity index is 1270. The maximum atomic E-state index is 13.7. The molecule has 5 nitrogen and oxygen atoms in total. The second-order valence-electron chi connectivity index (χ2n) is 6.38. The van der Waals surface area contributed by atoms with Crippen molar-refractivity contribution in [3.8, 4) is 11.3 Å². The summed E-state index contributed by atoms with van der Waals surface area (Å²) in [5.41, 5.74) is 1.58. The van der Waals surface area contributed by atoms with Gasteiger partial charge in [-0.15, -0.1) is 4.39 Å². The van der Waals surface area contributed by atoms with Gasteiger partial charge in [0.25, 0.3) is 0 Å². The summed E-state index contributed by atoms with van der Waals surface area (Å²) >= 11 is 0. The van der Waals surface area contributed by atoms with E-state index in [1.165, 1.54) is 47.0 Å². The smallest absolute Gasteiger partial charge is 0.390 e. The van der Waals surface area contributed by atoms with Gasteiger partial charge < -0.3 is 4.74 Å². The molecule has 0 fully saturated rings. The lowest BCUT2D eigenvalue weighted by molar-refractivity contribution is -0.0688. The van der Waals surface area contributed by atoms with Crippen molar-refractivity contribution in [1.82, 2.24) is 9.38 Å². The zero-order chi connectivity index (χ0) is 22.0. The molecule has 0 spiro atoms. The molecular weight excluding hydrogens is 414 g/mol. The summed E-state index contributed by atoms with van der Waals surface area (Å²) in [4.78, 5) is 20.4. The van der Waals surface area contributed by atoms with Crippen LogP contribution in [0.1, 0.15) is 15.9 Å². The van der Waals surface area contributed by atoms with Crippen LogP contribution in [0.25, 0.3) is 16.9 Å². The fraction of sp³-hybridized carbons (Fsp3) is 0.0455. The van der Waals surface area contributed by atoms with Gasteiger partial charge in [-0.25, -0.2) is 9.37 Å². The third kappa shape index (κ3) is 4.30. The number of carbonyl (C=O) groups excluding carboxylic acids is 1. The van der Waals surface area contributed by atoms with Crippen molar-refractivity contribution in [2.45, 2.75) is 6.61 Å². The molecule has 0 amide bonds. The second-order valence-corrected chi connectivity index (χ2v) is 6.38. The van der Waals surface area contributed by atoms with Crippen LogP contribution < -0.4 is 0 Å². The molecular formula is C22H13F4N3O2. The molecule has 4 aromatic rings. The Morgan fingerprint density at radius 1 is 0.968 bits per heavy atom. The molecule has 0 radical (unpaired) electrons. The number of carbonyl (C=O) groups is 1. The van der Waals surface area contributed by atoms with Crippen molar-refractivity contribution in [2.24, 2.45) is 4.99 Å². The van der Waals surface area contributed by atoms with Crippen LogP contribution in [0.2, 0.25) is 0 Å². The van der Waals surface area contributed by atoms with Gasteiger partial charge in [0.1, 0.15) is 11.5 Å². The highest BCUT2D eigenvalue weighted by Crippen LogP contribution is 2.32. The molecule has 0 aliphatic heterocycles. The fourth-order valence-corrected chi connectivity index (χ4v) is 3.06. The molecule has 0 atom stereocenters. The number of ether oxygens (including phenoxy) is 1. The number of halogens is 4. The number of benzene rings is 2. The number of imidazole rings is 1. The monoisotopic (exact) mass is 427 g/mol. The molecule has 4 rings (SSSR count). The molecule has 0 bridgehead atoms. The molecule has 9 heteroatoms. The van der Waals surface area contributed by atoms with Gasteiger partial charge in [-0.2, -0.15) is 13.8 Å². The van der Waals surface area contributed by atoms with Gasteiger partial charge >= 0.3 is 12.8 Å². The Labute approximate surface area is 173 Å². The Kier molecular flexibility index (Phi) is 5.48. The van der Waals surface area contributed by atoms with E-state index in [2.05, 4.69) is 14.7 Å². The van der Waals surface area contributed by atoms with Crippen LogP contribution in [0.15, 0.2) is 77.9 Å². The minimum absolute atomic E-state index is 0.172. The third-order valence-electron chi connectivity index (χ3n) is 4.40. The summed E-state index contributed by atoms with van der Waals surface area (Å²) in [5, 5.41) is 0. The molecule has 0 aliphatic rings. The van der Waals surface area contributed by atoms with Crippen molar-refractivity contribution in [1.29, 1.82) is 0 Å². The maximum absolute atomic E-state index is 13.7. The van der Waals surface area contributed by atoms with Gasteiger partial charge in [0.15, 0.2) is 11.6 Å². The highest BCUT2D eigenvalue weighted by atomic mass is 19.3. The van der Waals surface area contributed by atoms with E-state index in [-0.39, 0.29) is 22.9 Å².